The molecular formula is C11H7IN6. The molecule has 0 aliphatic heterocycles. The second-order valence-electron chi connectivity index (χ2n) is 3.47. The average Bonchev–Trinajstić information content (AvgIpc) is 2.90. The Bertz CT molecular complexity index is 649. The quantitative estimate of drug-likeness (QED) is 0.659. The molecule has 0 atom stereocenters. The van der Waals surface area contributed by atoms with Gasteiger partial charge in [-0.2, -0.15) is 0 Å². The maximum atomic E-state index is 4.25. The Hall–Kier alpha value is -1.90. The molecule has 0 aliphatic rings. The lowest BCUT2D eigenvalue weighted by molar-refractivity contribution is 0.677. The van der Waals surface area contributed by atoms with Crippen LogP contribution in [0, 0.1) is 3.57 Å². The molecule has 0 saturated heterocycles. The molecule has 3 aromatic rings. The normalized spacial score (nSPS) is 10.5. The Morgan fingerprint density at radius 3 is 2.44 bits per heavy atom. The standard InChI is InChI=1S/C11H7IN6/c12-9-6-13-11(14-7-9)18-16-10(15-17-18)8-4-2-1-3-5-8/h1-7H. The summed E-state index contributed by atoms with van der Waals surface area (Å²) in [6, 6.07) is 9.65. The van der Waals surface area contributed by atoms with Crippen molar-refractivity contribution in [2.75, 3.05) is 0 Å². The van der Waals surface area contributed by atoms with E-state index in [1.54, 1.807) is 12.4 Å². The molecule has 0 unspecified atom stereocenters. The first-order valence-electron chi connectivity index (χ1n) is 5.16. The zero-order chi connectivity index (χ0) is 12.4. The van der Waals surface area contributed by atoms with Crippen LogP contribution in [0.1, 0.15) is 0 Å². The molecule has 0 bridgehead atoms. The highest BCUT2D eigenvalue weighted by atomic mass is 127. The fourth-order valence-electron chi connectivity index (χ4n) is 1.41. The molecule has 2 aromatic heterocycles. The number of hydrogen-bond acceptors (Lipinski definition) is 5. The smallest absolute Gasteiger partial charge is 0.217 e. The molecule has 0 saturated carbocycles. The fourth-order valence-corrected chi connectivity index (χ4v) is 1.69. The van der Waals surface area contributed by atoms with Gasteiger partial charge in [-0.1, -0.05) is 35.1 Å². The largest absolute Gasteiger partial charge is 0.270 e. The van der Waals surface area contributed by atoms with E-state index in [1.165, 1.54) is 4.80 Å². The number of nitrogens with zero attached hydrogens (tertiary/aromatic N) is 6. The van der Waals surface area contributed by atoms with Crippen LogP contribution in [0.4, 0.5) is 0 Å². The van der Waals surface area contributed by atoms with Crippen LogP contribution in [0.2, 0.25) is 0 Å². The highest BCUT2D eigenvalue weighted by Crippen LogP contribution is 2.12. The molecule has 7 heteroatoms. The summed E-state index contributed by atoms with van der Waals surface area (Å²) < 4.78 is 0.958. The minimum atomic E-state index is 0.407. The van der Waals surface area contributed by atoms with Crippen molar-refractivity contribution in [3.63, 3.8) is 0 Å². The molecule has 0 N–H and O–H groups in total. The predicted octanol–water partition coefficient (Wildman–Crippen LogP) is 1.72. The highest BCUT2D eigenvalue weighted by molar-refractivity contribution is 14.1. The number of tetrazole rings is 1. The van der Waals surface area contributed by atoms with Crippen LogP contribution in [0.3, 0.4) is 0 Å². The maximum absolute atomic E-state index is 4.25. The van der Waals surface area contributed by atoms with Gasteiger partial charge in [0.1, 0.15) is 0 Å². The molecule has 0 radical (unpaired) electrons. The van der Waals surface area contributed by atoms with E-state index in [0.29, 0.717) is 11.8 Å². The molecule has 2 heterocycles. The van der Waals surface area contributed by atoms with Gasteiger partial charge in [-0.3, -0.25) is 0 Å². The van der Waals surface area contributed by atoms with Crippen molar-refractivity contribution in [1.29, 1.82) is 0 Å². The average molecular weight is 350 g/mol. The summed E-state index contributed by atoms with van der Waals surface area (Å²) in [6.07, 6.45) is 3.41. The van der Waals surface area contributed by atoms with Gasteiger partial charge in [-0.05, 0) is 27.8 Å². The molecule has 1 aromatic carbocycles. The zero-order valence-corrected chi connectivity index (χ0v) is 11.3. The Morgan fingerprint density at radius 1 is 1.00 bits per heavy atom. The Morgan fingerprint density at radius 2 is 1.72 bits per heavy atom. The molecule has 0 spiro atoms. The van der Waals surface area contributed by atoms with Gasteiger partial charge in [0.05, 0.1) is 0 Å². The molecule has 0 fully saturated rings. The van der Waals surface area contributed by atoms with Gasteiger partial charge in [0.15, 0.2) is 0 Å². The Balaban J connectivity index is 1.97. The third-order valence-corrected chi connectivity index (χ3v) is 2.79. The molecule has 0 aliphatic carbocycles. The van der Waals surface area contributed by atoms with Crippen molar-refractivity contribution in [2.24, 2.45) is 0 Å². The van der Waals surface area contributed by atoms with Crippen molar-refractivity contribution < 1.29 is 0 Å². The summed E-state index contributed by atoms with van der Waals surface area (Å²) in [5.74, 6) is 0.961. The highest BCUT2D eigenvalue weighted by Gasteiger charge is 2.08. The molecule has 88 valence electrons. The first kappa shape index (κ1) is 11.2. The van der Waals surface area contributed by atoms with Gasteiger partial charge < -0.3 is 0 Å². The fraction of sp³-hybridized carbons (Fsp3) is 0. The van der Waals surface area contributed by atoms with Crippen molar-refractivity contribution in [3.05, 3.63) is 46.3 Å². The van der Waals surface area contributed by atoms with Crippen LogP contribution >= 0.6 is 22.6 Å². The van der Waals surface area contributed by atoms with Gasteiger partial charge in [0.25, 0.3) is 5.95 Å². The second kappa shape index (κ2) is 4.77. The number of halogens is 1. The van der Waals surface area contributed by atoms with Crippen LogP contribution < -0.4 is 0 Å². The summed E-state index contributed by atoms with van der Waals surface area (Å²) in [5.41, 5.74) is 0.911. The topological polar surface area (TPSA) is 69.4 Å². The van der Waals surface area contributed by atoms with Crippen LogP contribution in [-0.4, -0.2) is 30.2 Å². The van der Waals surface area contributed by atoms with E-state index < -0.39 is 0 Å². The second-order valence-corrected chi connectivity index (χ2v) is 4.72. The number of rotatable bonds is 2. The predicted molar refractivity (Wildman–Crippen MR) is 72.9 cm³/mol. The van der Waals surface area contributed by atoms with Gasteiger partial charge in [0.2, 0.25) is 5.82 Å². The Kier molecular flexibility index (Phi) is 2.97. The van der Waals surface area contributed by atoms with Crippen molar-refractivity contribution in [3.8, 4) is 17.3 Å². The zero-order valence-electron chi connectivity index (χ0n) is 9.10. The summed E-state index contributed by atoms with van der Waals surface area (Å²) in [5, 5.41) is 12.2. The lowest BCUT2D eigenvalue weighted by atomic mass is 10.2. The first-order valence-corrected chi connectivity index (χ1v) is 6.24. The molecule has 18 heavy (non-hydrogen) atoms. The van der Waals surface area contributed by atoms with Gasteiger partial charge in [0, 0.05) is 21.5 Å². The van der Waals surface area contributed by atoms with E-state index in [-0.39, 0.29) is 0 Å². The lowest BCUT2D eigenvalue weighted by Gasteiger charge is -1.95. The lowest BCUT2D eigenvalue weighted by Crippen LogP contribution is -2.04. The van der Waals surface area contributed by atoms with Crippen LogP contribution in [0.15, 0.2) is 42.7 Å². The number of hydrogen-bond donors (Lipinski definition) is 0. The third-order valence-electron chi connectivity index (χ3n) is 2.23. The SMILES string of the molecule is Ic1cnc(-n2nnc(-c3ccccc3)n2)nc1. The van der Waals surface area contributed by atoms with E-state index in [9.17, 15) is 0 Å². The van der Waals surface area contributed by atoms with E-state index in [2.05, 4.69) is 48.0 Å². The van der Waals surface area contributed by atoms with Crippen molar-refractivity contribution in [1.82, 2.24) is 30.2 Å². The minimum absolute atomic E-state index is 0.407. The number of benzene rings is 1. The van der Waals surface area contributed by atoms with Gasteiger partial charge in [-0.15, -0.1) is 10.2 Å². The molecule has 3 rings (SSSR count). The monoisotopic (exact) mass is 350 g/mol. The van der Waals surface area contributed by atoms with Crippen LogP contribution in [0.5, 0.6) is 0 Å². The Labute approximate surface area is 116 Å². The van der Waals surface area contributed by atoms with Crippen molar-refractivity contribution >= 4 is 22.6 Å². The molecule has 0 amide bonds. The maximum Gasteiger partial charge on any atom is 0.270 e. The van der Waals surface area contributed by atoms with Crippen LogP contribution in [0.25, 0.3) is 17.3 Å². The summed E-state index contributed by atoms with van der Waals surface area (Å²) in [4.78, 5) is 9.59. The van der Waals surface area contributed by atoms with Crippen molar-refractivity contribution in [2.45, 2.75) is 0 Å². The summed E-state index contributed by atoms with van der Waals surface area (Å²) in [7, 11) is 0. The van der Waals surface area contributed by atoms with E-state index in [1.807, 2.05) is 30.3 Å². The minimum Gasteiger partial charge on any atom is -0.217 e. The number of aromatic nitrogens is 6. The van der Waals surface area contributed by atoms with Crippen LogP contribution in [-0.2, 0) is 0 Å². The van der Waals surface area contributed by atoms with E-state index in [0.717, 1.165) is 9.13 Å². The summed E-state index contributed by atoms with van der Waals surface area (Å²) >= 11 is 2.14. The van der Waals surface area contributed by atoms with E-state index in [4.69, 9.17) is 0 Å². The third kappa shape index (κ3) is 2.21. The van der Waals surface area contributed by atoms with Gasteiger partial charge >= 0.3 is 0 Å². The molecular weight excluding hydrogens is 343 g/mol. The summed E-state index contributed by atoms with van der Waals surface area (Å²) in [6.45, 7) is 0. The van der Waals surface area contributed by atoms with Gasteiger partial charge in [-0.25, -0.2) is 9.97 Å². The molecule has 6 nitrogen and oxygen atoms in total. The first-order chi connectivity index (χ1) is 8.83. The van der Waals surface area contributed by atoms with E-state index >= 15 is 0 Å².